The zero-order chi connectivity index (χ0) is 26.4. The van der Waals surface area contributed by atoms with Gasteiger partial charge in [0.1, 0.15) is 5.00 Å². The first kappa shape index (κ1) is 26.9. The number of unbranched alkanes of at least 4 members (excludes halogenated alkanes) is 1. The van der Waals surface area contributed by atoms with E-state index in [9.17, 15) is 14.4 Å². The van der Waals surface area contributed by atoms with Gasteiger partial charge in [-0.05, 0) is 57.2 Å². The number of carbonyl (C=O) groups excluding carboxylic acids is 3. The van der Waals surface area contributed by atoms with Crippen molar-refractivity contribution >= 4 is 45.9 Å². The van der Waals surface area contributed by atoms with Crippen LogP contribution in [0.1, 0.15) is 77.2 Å². The lowest BCUT2D eigenvalue weighted by atomic mass is 10.1. The Bertz CT molecular complexity index is 1250. The molecule has 12 heteroatoms. The van der Waals surface area contributed by atoms with Crippen LogP contribution in [0.15, 0.2) is 28.0 Å². The van der Waals surface area contributed by atoms with Crippen LogP contribution in [0.4, 0.5) is 5.00 Å². The van der Waals surface area contributed by atoms with Crippen LogP contribution >= 0.6 is 23.1 Å². The molecule has 1 aliphatic rings. The number of ether oxygens (including phenoxy) is 1. The van der Waals surface area contributed by atoms with E-state index in [-0.39, 0.29) is 30.7 Å². The average Bonchev–Trinajstić information content (AvgIpc) is 3.66. The molecule has 37 heavy (non-hydrogen) atoms. The highest BCUT2D eigenvalue weighted by Crippen LogP contribution is 2.40. The minimum Gasteiger partial charge on any atom is -0.462 e. The predicted molar refractivity (Wildman–Crippen MR) is 141 cm³/mol. The smallest absolute Gasteiger partial charge is 0.341 e. The van der Waals surface area contributed by atoms with E-state index >= 15 is 0 Å². The summed E-state index contributed by atoms with van der Waals surface area (Å²) in [7, 11) is 0. The van der Waals surface area contributed by atoms with Crippen LogP contribution in [0.25, 0.3) is 0 Å². The van der Waals surface area contributed by atoms with Gasteiger partial charge in [0.15, 0.2) is 16.7 Å². The monoisotopic (exact) mass is 545 g/mol. The Morgan fingerprint density at radius 1 is 1.27 bits per heavy atom. The van der Waals surface area contributed by atoms with Crippen LogP contribution in [-0.2, 0) is 35.5 Å². The molecule has 0 radical (unpaired) electrons. The second kappa shape index (κ2) is 12.4. The number of anilines is 1. The van der Waals surface area contributed by atoms with Gasteiger partial charge in [0.05, 0.1) is 30.2 Å². The Morgan fingerprint density at radius 2 is 2.11 bits per heavy atom. The van der Waals surface area contributed by atoms with Gasteiger partial charge in [0.25, 0.3) is 5.91 Å². The molecule has 0 aromatic carbocycles. The lowest BCUT2D eigenvalue weighted by Crippen LogP contribution is -2.25. The van der Waals surface area contributed by atoms with Crippen molar-refractivity contribution in [3.8, 4) is 0 Å². The molecule has 0 aliphatic heterocycles. The summed E-state index contributed by atoms with van der Waals surface area (Å²) < 4.78 is 12.3. The summed E-state index contributed by atoms with van der Waals surface area (Å²) in [5.74, 6) is -0.132. The summed E-state index contributed by atoms with van der Waals surface area (Å²) in [5.41, 5.74) is 1.49. The lowest BCUT2D eigenvalue weighted by Gasteiger charge is -2.14. The fraction of sp³-hybridized carbons (Fsp3) is 0.480. The molecule has 0 unspecified atom stereocenters. The highest BCUT2D eigenvalue weighted by Gasteiger charge is 2.29. The number of amides is 2. The van der Waals surface area contributed by atoms with Gasteiger partial charge >= 0.3 is 5.97 Å². The molecule has 3 aromatic heterocycles. The fourth-order valence-electron chi connectivity index (χ4n) is 4.07. The van der Waals surface area contributed by atoms with E-state index in [0.29, 0.717) is 28.1 Å². The summed E-state index contributed by atoms with van der Waals surface area (Å²) in [5, 5.41) is 15.0. The van der Waals surface area contributed by atoms with Crippen molar-refractivity contribution in [2.45, 2.75) is 76.4 Å². The van der Waals surface area contributed by atoms with Crippen molar-refractivity contribution in [3.63, 3.8) is 0 Å². The summed E-state index contributed by atoms with van der Waals surface area (Å²) in [6.45, 7) is 6.78. The Kier molecular flexibility index (Phi) is 9.04. The maximum Gasteiger partial charge on any atom is 0.341 e. The molecule has 1 aliphatic carbocycles. The van der Waals surface area contributed by atoms with Gasteiger partial charge in [-0.25, -0.2) is 4.79 Å². The second-order valence-electron chi connectivity index (χ2n) is 8.60. The Morgan fingerprint density at radius 3 is 2.84 bits per heavy atom. The van der Waals surface area contributed by atoms with E-state index in [1.54, 1.807) is 26.0 Å². The fourth-order valence-corrected chi connectivity index (χ4v) is 6.24. The lowest BCUT2D eigenvalue weighted by molar-refractivity contribution is -0.115. The summed E-state index contributed by atoms with van der Waals surface area (Å²) in [4.78, 5) is 39.2. The van der Waals surface area contributed by atoms with E-state index in [1.165, 1.54) is 29.4 Å². The minimum absolute atomic E-state index is 0.182. The van der Waals surface area contributed by atoms with Crippen molar-refractivity contribution in [2.75, 3.05) is 11.9 Å². The number of rotatable bonds is 12. The highest BCUT2D eigenvalue weighted by molar-refractivity contribution is 8.00. The van der Waals surface area contributed by atoms with E-state index in [2.05, 4.69) is 27.8 Å². The van der Waals surface area contributed by atoms with E-state index in [0.717, 1.165) is 42.5 Å². The van der Waals surface area contributed by atoms with E-state index in [1.807, 2.05) is 4.57 Å². The molecule has 0 saturated carbocycles. The van der Waals surface area contributed by atoms with Gasteiger partial charge in [-0.2, -0.15) is 0 Å². The van der Waals surface area contributed by atoms with Crippen LogP contribution in [0.5, 0.6) is 0 Å². The molecule has 4 rings (SSSR count). The number of carbonyl (C=O) groups is 3. The third-order valence-electron chi connectivity index (χ3n) is 5.97. The molecule has 0 spiro atoms. The largest absolute Gasteiger partial charge is 0.462 e. The van der Waals surface area contributed by atoms with Crippen LogP contribution in [0, 0.1) is 0 Å². The molecular weight excluding hydrogens is 514 g/mol. The molecule has 2 N–H and O–H groups in total. The molecule has 0 fully saturated rings. The van der Waals surface area contributed by atoms with E-state index < -0.39 is 11.2 Å². The number of hydrogen-bond acceptors (Lipinski definition) is 9. The van der Waals surface area contributed by atoms with Gasteiger partial charge in [0.2, 0.25) is 5.91 Å². The zero-order valence-corrected chi connectivity index (χ0v) is 22.8. The number of aryl methyl sites for hydroxylation is 1. The highest BCUT2D eigenvalue weighted by atomic mass is 32.2. The number of aromatic nitrogens is 3. The predicted octanol–water partition coefficient (Wildman–Crippen LogP) is 4.45. The number of thioether (sulfide) groups is 1. The van der Waals surface area contributed by atoms with Gasteiger partial charge in [0, 0.05) is 11.4 Å². The molecule has 10 nitrogen and oxygen atoms in total. The molecular formula is C25H31N5O5S2. The van der Waals surface area contributed by atoms with Crippen molar-refractivity contribution in [2.24, 2.45) is 0 Å². The van der Waals surface area contributed by atoms with Crippen LogP contribution in [-0.4, -0.2) is 44.4 Å². The first-order chi connectivity index (χ1) is 17.9. The van der Waals surface area contributed by atoms with Gasteiger partial charge in [-0.15, -0.1) is 21.5 Å². The quantitative estimate of drug-likeness (QED) is 0.252. The Labute approximate surface area is 223 Å². The number of thiophene rings is 1. The number of hydrogen-bond donors (Lipinski definition) is 2. The molecule has 3 aromatic rings. The van der Waals surface area contributed by atoms with Crippen molar-refractivity contribution in [1.82, 2.24) is 20.1 Å². The maximum atomic E-state index is 13.2. The standard InChI is InChI=1S/C25H31N5O5S2/c1-4-6-12-30-19(14-26-22(32)17-10-8-13-35-17)28-29-25(30)36-15(3)21(31)27-23-20(24(33)34-5-2)16-9-7-11-18(16)37-23/h8,10,13,15H,4-7,9,11-12,14H2,1-3H3,(H,26,32)(H,27,31)/t15-/m0/s1. The number of esters is 1. The first-order valence-electron chi connectivity index (χ1n) is 12.5. The normalized spacial score (nSPS) is 13.3. The molecule has 3 heterocycles. The molecule has 0 bridgehead atoms. The number of nitrogens with zero attached hydrogens (tertiary/aromatic N) is 3. The summed E-state index contributed by atoms with van der Waals surface area (Å²) in [6, 6.07) is 3.24. The molecule has 2 amide bonds. The van der Waals surface area contributed by atoms with Crippen molar-refractivity contribution in [3.05, 3.63) is 46.0 Å². The topological polar surface area (TPSA) is 128 Å². The third-order valence-corrected chi connectivity index (χ3v) is 8.26. The van der Waals surface area contributed by atoms with Gasteiger partial charge in [-0.3, -0.25) is 9.59 Å². The van der Waals surface area contributed by atoms with Crippen molar-refractivity contribution < 1.29 is 23.5 Å². The zero-order valence-electron chi connectivity index (χ0n) is 21.2. The van der Waals surface area contributed by atoms with Crippen LogP contribution in [0.2, 0.25) is 0 Å². The third kappa shape index (κ3) is 6.24. The Balaban J connectivity index is 1.45. The van der Waals surface area contributed by atoms with Crippen molar-refractivity contribution in [1.29, 1.82) is 0 Å². The van der Waals surface area contributed by atoms with Crippen LogP contribution in [0.3, 0.4) is 0 Å². The van der Waals surface area contributed by atoms with Gasteiger partial charge < -0.3 is 24.4 Å². The Hall–Kier alpha value is -3.12. The SMILES string of the molecule is CCCCn1c(CNC(=O)c2ccco2)nnc1S[C@@H](C)C(=O)Nc1sc2c(c1C(=O)OCC)CCC2. The van der Waals surface area contributed by atoms with Crippen LogP contribution < -0.4 is 10.6 Å². The second-order valence-corrected chi connectivity index (χ2v) is 11.0. The number of furan rings is 1. The molecule has 198 valence electrons. The van der Waals surface area contributed by atoms with Gasteiger partial charge in [-0.1, -0.05) is 25.1 Å². The molecule has 1 atom stereocenters. The first-order valence-corrected chi connectivity index (χ1v) is 14.1. The summed E-state index contributed by atoms with van der Waals surface area (Å²) >= 11 is 2.75. The van der Waals surface area contributed by atoms with E-state index in [4.69, 9.17) is 9.15 Å². The summed E-state index contributed by atoms with van der Waals surface area (Å²) in [6.07, 6.45) is 6.04. The maximum absolute atomic E-state index is 13.2. The minimum atomic E-state index is -0.498. The number of fused-ring (bicyclic) bond motifs is 1. The molecule has 0 saturated heterocycles. The number of nitrogens with one attached hydrogen (secondary N) is 2. The average molecular weight is 546 g/mol.